The lowest BCUT2D eigenvalue weighted by atomic mass is 9.95. The van der Waals surface area contributed by atoms with E-state index in [1.807, 2.05) is 46.4 Å². The van der Waals surface area contributed by atoms with Crippen molar-refractivity contribution in [3.05, 3.63) is 17.6 Å². The molecule has 0 radical (unpaired) electrons. The summed E-state index contributed by atoms with van der Waals surface area (Å²) in [4.78, 5) is 36.0. The lowest BCUT2D eigenvalue weighted by Gasteiger charge is -2.36. The minimum atomic E-state index is -1.06. The van der Waals surface area contributed by atoms with E-state index in [2.05, 4.69) is 9.97 Å². The number of carboxylic acids is 1. The van der Waals surface area contributed by atoms with Crippen LogP contribution in [0.1, 0.15) is 57.7 Å². The van der Waals surface area contributed by atoms with Crippen molar-refractivity contribution in [3.8, 4) is 0 Å². The number of nitrogens with zero attached hydrogens (tertiary/aromatic N) is 4. The second kappa shape index (κ2) is 7.09. The van der Waals surface area contributed by atoms with E-state index in [4.69, 9.17) is 4.74 Å². The minimum absolute atomic E-state index is 0.0729. The van der Waals surface area contributed by atoms with Gasteiger partial charge >= 0.3 is 12.1 Å². The number of aromatic carboxylic acids is 1. The number of carbonyl (C=O) groups excluding carboxylic acids is 1. The number of ether oxygens (including phenoxy) is 1. The van der Waals surface area contributed by atoms with Gasteiger partial charge in [0.25, 0.3) is 0 Å². The zero-order valence-electron chi connectivity index (χ0n) is 16.4. The third-order valence-corrected chi connectivity index (χ3v) is 3.90. The van der Waals surface area contributed by atoms with Crippen LogP contribution in [0.5, 0.6) is 0 Å². The molecule has 2 heterocycles. The van der Waals surface area contributed by atoms with Gasteiger partial charge in [0, 0.05) is 37.8 Å². The first kappa shape index (κ1) is 19.9. The van der Waals surface area contributed by atoms with Crippen molar-refractivity contribution in [3.63, 3.8) is 0 Å². The highest BCUT2D eigenvalue weighted by molar-refractivity contribution is 5.93. The topological polar surface area (TPSA) is 95.9 Å². The molecule has 1 aliphatic heterocycles. The van der Waals surface area contributed by atoms with Gasteiger partial charge in [0.15, 0.2) is 0 Å². The van der Waals surface area contributed by atoms with Crippen molar-refractivity contribution < 1.29 is 19.4 Å². The Morgan fingerprint density at radius 1 is 1.08 bits per heavy atom. The second-order valence-electron chi connectivity index (χ2n) is 8.44. The highest BCUT2D eigenvalue weighted by Gasteiger charge is 2.29. The fraction of sp³-hybridized carbons (Fsp3) is 0.667. The lowest BCUT2D eigenvalue weighted by molar-refractivity contribution is 0.0239. The van der Waals surface area contributed by atoms with Crippen LogP contribution in [0, 0.1) is 0 Å². The zero-order chi connectivity index (χ0) is 19.7. The standard InChI is InChI=1S/C18H28N4O4/c1-17(2,3)15-19-11-12(14(23)24)13(20-15)21-7-9-22(10-8-21)16(25)26-18(4,5)6/h11H,7-10H2,1-6H3,(H,23,24). The predicted molar refractivity (Wildman–Crippen MR) is 97.7 cm³/mol. The maximum absolute atomic E-state index is 12.2. The summed E-state index contributed by atoms with van der Waals surface area (Å²) in [6.07, 6.45) is 1.01. The van der Waals surface area contributed by atoms with Crippen molar-refractivity contribution in [1.82, 2.24) is 14.9 Å². The Morgan fingerprint density at radius 2 is 1.65 bits per heavy atom. The molecule has 1 amide bonds. The van der Waals surface area contributed by atoms with Gasteiger partial charge in [-0.1, -0.05) is 20.8 Å². The molecule has 0 saturated carbocycles. The predicted octanol–water partition coefficient (Wildman–Crippen LogP) is 2.53. The number of amides is 1. The van der Waals surface area contributed by atoms with Crippen LogP contribution in [0.3, 0.4) is 0 Å². The number of hydrogen-bond acceptors (Lipinski definition) is 6. The molecule has 1 N–H and O–H groups in total. The van der Waals surface area contributed by atoms with Crippen LogP contribution in [-0.4, -0.2) is 63.8 Å². The van der Waals surface area contributed by atoms with E-state index in [-0.39, 0.29) is 17.1 Å². The number of aromatic nitrogens is 2. The van der Waals surface area contributed by atoms with Gasteiger partial charge in [-0.15, -0.1) is 0 Å². The molecular weight excluding hydrogens is 336 g/mol. The number of anilines is 1. The summed E-state index contributed by atoms with van der Waals surface area (Å²) in [5.41, 5.74) is -0.757. The molecule has 1 aliphatic rings. The third-order valence-electron chi connectivity index (χ3n) is 3.90. The van der Waals surface area contributed by atoms with E-state index in [1.54, 1.807) is 4.90 Å². The summed E-state index contributed by atoms with van der Waals surface area (Å²) in [5.74, 6) is -0.0663. The molecule has 0 unspecified atom stereocenters. The number of rotatable bonds is 2. The van der Waals surface area contributed by atoms with Crippen LogP contribution in [0.15, 0.2) is 6.20 Å². The molecule has 1 aromatic heterocycles. The summed E-state index contributed by atoms with van der Waals surface area (Å²) in [6.45, 7) is 13.3. The maximum Gasteiger partial charge on any atom is 0.410 e. The van der Waals surface area contributed by atoms with Gasteiger partial charge in [0.1, 0.15) is 22.8 Å². The average molecular weight is 364 g/mol. The van der Waals surface area contributed by atoms with E-state index in [1.165, 1.54) is 6.20 Å². The fourth-order valence-electron chi connectivity index (χ4n) is 2.55. The van der Waals surface area contributed by atoms with Crippen LogP contribution in [0.2, 0.25) is 0 Å². The summed E-state index contributed by atoms with van der Waals surface area (Å²) >= 11 is 0. The van der Waals surface area contributed by atoms with Gasteiger partial charge < -0.3 is 19.6 Å². The highest BCUT2D eigenvalue weighted by Crippen LogP contribution is 2.25. The molecule has 2 rings (SSSR count). The molecule has 0 bridgehead atoms. The average Bonchev–Trinajstić information content (AvgIpc) is 2.52. The van der Waals surface area contributed by atoms with Crippen LogP contribution >= 0.6 is 0 Å². The van der Waals surface area contributed by atoms with Crippen molar-refractivity contribution in [1.29, 1.82) is 0 Å². The van der Waals surface area contributed by atoms with Crippen molar-refractivity contribution in [2.75, 3.05) is 31.1 Å². The molecule has 8 heteroatoms. The molecule has 0 aliphatic carbocycles. The van der Waals surface area contributed by atoms with E-state index in [9.17, 15) is 14.7 Å². The Labute approximate surface area is 154 Å². The summed E-state index contributed by atoms with van der Waals surface area (Å²) in [7, 11) is 0. The smallest absolute Gasteiger partial charge is 0.410 e. The van der Waals surface area contributed by atoms with E-state index < -0.39 is 11.6 Å². The molecule has 1 saturated heterocycles. The molecule has 1 fully saturated rings. The van der Waals surface area contributed by atoms with Gasteiger partial charge in [0.2, 0.25) is 0 Å². The largest absolute Gasteiger partial charge is 0.477 e. The van der Waals surface area contributed by atoms with Gasteiger partial charge in [0.05, 0.1) is 0 Å². The lowest BCUT2D eigenvalue weighted by Crippen LogP contribution is -2.50. The summed E-state index contributed by atoms with van der Waals surface area (Å²) in [6, 6.07) is 0. The van der Waals surface area contributed by atoms with E-state index >= 15 is 0 Å². The van der Waals surface area contributed by atoms with Crippen molar-refractivity contribution >= 4 is 17.9 Å². The molecule has 0 aromatic carbocycles. The number of carbonyl (C=O) groups is 2. The maximum atomic E-state index is 12.2. The van der Waals surface area contributed by atoms with Crippen molar-refractivity contribution in [2.24, 2.45) is 0 Å². The molecule has 0 atom stereocenters. The second-order valence-corrected chi connectivity index (χ2v) is 8.44. The van der Waals surface area contributed by atoms with Crippen LogP contribution < -0.4 is 4.90 Å². The van der Waals surface area contributed by atoms with Gasteiger partial charge in [-0.3, -0.25) is 0 Å². The first-order valence-corrected chi connectivity index (χ1v) is 8.72. The Bertz CT molecular complexity index is 683. The minimum Gasteiger partial charge on any atom is -0.477 e. The summed E-state index contributed by atoms with van der Waals surface area (Å²) in [5, 5.41) is 9.47. The molecule has 1 aromatic rings. The number of piperazine rings is 1. The summed E-state index contributed by atoms with van der Waals surface area (Å²) < 4.78 is 5.39. The molecule has 0 spiro atoms. The quantitative estimate of drug-likeness (QED) is 0.861. The molecule has 144 valence electrons. The van der Waals surface area contributed by atoms with Crippen LogP contribution in [0.4, 0.5) is 10.6 Å². The SMILES string of the molecule is CC(C)(C)OC(=O)N1CCN(c2nc(C(C)(C)C)ncc2C(=O)O)CC1. The number of hydrogen-bond donors (Lipinski definition) is 1. The number of carboxylic acid groups (broad SMARTS) is 1. The van der Waals surface area contributed by atoms with Gasteiger partial charge in [-0.05, 0) is 20.8 Å². The van der Waals surface area contributed by atoms with Crippen LogP contribution in [-0.2, 0) is 10.2 Å². The molecule has 8 nitrogen and oxygen atoms in total. The Hall–Kier alpha value is -2.38. The van der Waals surface area contributed by atoms with Crippen molar-refractivity contribution in [2.45, 2.75) is 52.6 Å². The normalized spacial score (nSPS) is 15.8. The van der Waals surface area contributed by atoms with E-state index in [0.717, 1.165) is 0 Å². The zero-order valence-corrected chi connectivity index (χ0v) is 16.4. The Balaban J connectivity index is 2.18. The highest BCUT2D eigenvalue weighted by atomic mass is 16.6. The van der Waals surface area contributed by atoms with Gasteiger partial charge in [-0.25, -0.2) is 19.6 Å². The third kappa shape index (κ3) is 4.83. The monoisotopic (exact) mass is 364 g/mol. The Kier molecular flexibility index (Phi) is 5.44. The van der Waals surface area contributed by atoms with Crippen LogP contribution in [0.25, 0.3) is 0 Å². The molecular formula is C18H28N4O4. The first-order valence-electron chi connectivity index (χ1n) is 8.72. The van der Waals surface area contributed by atoms with E-state index in [0.29, 0.717) is 37.8 Å². The Morgan fingerprint density at radius 3 is 2.12 bits per heavy atom. The fourth-order valence-corrected chi connectivity index (χ4v) is 2.55. The van der Waals surface area contributed by atoms with Gasteiger partial charge in [-0.2, -0.15) is 0 Å². The molecule has 26 heavy (non-hydrogen) atoms. The first-order chi connectivity index (χ1) is 11.9.